The van der Waals surface area contributed by atoms with E-state index in [-0.39, 0.29) is 0 Å². The number of nitrogens with one attached hydrogen (secondary N) is 1. The molecule has 1 nitrogen and oxygen atoms in total. The molecule has 0 aromatic carbocycles. The summed E-state index contributed by atoms with van der Waals surface area (Å²) in [7, 11) is 0. The minimum Gasteiger partial charge on any atom is -0.317 e. The summed E-state index contributed by atoms with van der Waals surface area (Å²) in [5, 5.41) is 3.27. The Bertz CT molecular complexity index is 67.0. The fraction of sp³-hybridized carbons (Fsp3) is 0.750. The molecule has 0 bridgehead atoms. The van der Waals surface area contributed by atoms with E-state index in [1.807, 2.05) is 0 Å². The lowest BCUT2D eigenvalue weighted by atomic mass is 10.3. The van der Waals surface area contributed by atoms with Crippen molar-refractivity contribution in [2.45, 2.75) is 26.7 Å². The first-order valence-electron chi connectivity index (χ1n) is 3.73. The van der Waals surface area contributed by atoms with Gasteiger partial charge in [0.05, 0.1) is 0 Å². The van der Waals surface area contributed by atoms with Gasteiger partial charge in [0.1, 0.15) is 0 Å². The van der Waals surface area contributed by atoms with Gasteiger partial charge in [0.2, 0.25) is 0 Å². The van der Waals surface area contributed by atoms with Crippen LogP contribution in [0.2, 0.25) is 0 Å². The Morgan fingerprint density at radius 1 is 1.44 bits per heavy atom. The van der Waals surface area contributed by atoms with E-state index in [0.717, 1.165) is 13.1 Å². The van der Waals surface area contributed by atoms with Crippen molar-refractivity contribution in [3.05, 3.63) is 12.2 Å². The molecule has 0 spiro atoms. The Morgan fingerprint density at radius 3 is 2.78 bits per heavy atom. The molecule has 0 fully saturated rings. The van der Waals surface area contributed by atoms with Crippen molar-refractivity contribution in [3.63, 3.8) is 0 Å². The van der Waals surface area contributed by atoms with E-state index in [1.54, 1.807) is 0 Å². The van der Waals surface area contributed by atoms with Crippen LogP contribution in [0.3, 0.4) is 0 Å². The molecule has 0 aromatic heterocycles. The molecule has 0 aliphatic carbocycles. The summed E-state index contributed by atoms with van der Waals surface area (Å²) < 4.78 is 0. The molecular weight excluding hydrogens is 110 g/mol. The maximum Gasteiger partial charge on any atom is -0.00461 e. The Balaban J connectivity index is 2.75. The van der Waals surface area contributed by atoms with E-state index in [9.17, 15) is 0 Å². The molecule has 0 unspecified atom stereocenters. The highest BCUT2D eigenvalue weighted by Crippen LogP contribution is 1.87. The fourth-order valence-corrected chi connectivity index (χ4v) is 0.688. The summed E-state index contributed by atoms with van der Waals surface area (Å²) in [4.78, 5) is 0. The van der Waals surface area contributed by atoms with Gasteiger partial charge in [-0.05, 0) is 32.9 Å². The summed E-state index contributed by atoms with van der Waals surface area (Å²) in [5.74, 6) is 0. The Labute approximate surface area is 58.2 Å². The van der Waals surface area contributed by atoms with E-state index in [0.29, 0.717) is 0 Å². The molecule has 0 aromatic rings. The molecule has 0 aliphatic heterocycles. The molecule has 1 N–H and O–H groups in total. The molecule has 0 saturated heterocycles. The van der Waals surface area contributed by atoms with Gasteiger partial charge in [0.25, 0.3) is 0 Å². The zero-order valence-electron chi connectivity index (χ0n) is 6.48. The highest BCUT2D eigenvalue weighted by Gasteiger charge is 1.80. The molecule has 1 heteroatoms. The summed E-state index contributed by atoms with van der Waals surface area (Å²) in [6, 6.07) is 0. The predicted molar refractivity (Wildman–Crippen MR) is 42.6 cm³/mol. The first-order chi connectivity index (χ1) is 4.41. The molecule has 0 atom stereocenters. The van der Waals surface area contributed by atoms with Gasteiger partial charge in [-0.1, -0.05) is 19.1 Å². The van der Waals surface area contributed by atoms with Gasteiger partial charge < -0.3 is 5.32 Å². The lowest BCUT2D eigenvalue weighted by molar-refractivity contribution is 0.679. The molecule has 0 saturated carbocycles. The number of allylic oxidation sites excluding steroid dienone is 2. The maximum absolute atomic E-state index is 3.27. The Kier molecular flexibility index (Phi) is 7.44. The largest absolute Gasteiger partial charge is 0.317 e. The van der Waals surface area contributed by atoms with Crippen molar-refractivity contribution in [3.8, 4) is 0 Å². The third-order valence-electron chi connectivity index (χ3n) is 1.21. The molecule has 0 heterocycles. The van der Waals surface area contributed by atoms with Crippen LogP contribution in [-0.2, 0) is 0 Å². The summed E-state index contributed by atoms with van der Waals surface area (Å²) in [6.07, 6.45) is 6.78. The van der Waals surface area contributed by atoms with Crippen molar-refractivity contribution in [2.24, 2.45) is 0 Å². The van der Waals surface area contributed by atoms with Crippen LogP contribution in [0.15, 0.2) is 12.2 Å². The first kappa shape index (κ1) is 8.70. The van der Waals surface area contributed by atoms with Crippen LogP contribution in [0.25, 0.3) is 0 Å². The smallest absolute Gasteiger partial charge is 0.00461 e. The zero-order chi connectivity index (χ0) is 6.95. The number of hydrogen-bond acceptors (Lipinski definition) is 1. The highest BCUT2D eigenvalue weighted by molar-refractivity contribution is 4.76. The summed E-state index contributed by atoms with van der Waals surface area (Å²) in [6.45, 7) is 6.44. The lowest BCUT2D eigenvalue weighted by Crippen LogP contribution is -2.13. The van der Waals surface area contributed by atoms with Crippen molar-refractivity contribution in [2.75, 3.05) is 13.1 Å². The van der Waals surface area contributed by atoms with Crippen LogP contribution >= 0.6 is 0 Å². The average molecular weight is 127 g/mol. The number of rotatable bonds is 5. The Morgan fingerprint density at radius 2 is 2.22 bits per heavy atom. The van der Waals surface area contributed by atoms with Crippen molar-refractivity contribution >= 4 is 0 Å². The summed E-state index contributed by atoms with van der Waals surface area (Å²) >= 11 is 0. The zero-order valence-corrected chi connectivity index (χ0v) is 6.48. The van der Waals surface area contributed by atoms with Crippen molar-refractivity contribution in [1.29, 1.82) is 0 Å². The molecule has 0 radical (unpaired) electrons. The molecule has 54 valence electrons. The third-order valence-corrected chi connectivity index (χ3v) is 1.21. The number of unbranched alkanes of at least 4 members (excludes halogenated alkanes) is 1. The second-order valence-corrected chi connectivity index (χ2v) is 2.06. The van der Waals surface area contributed by atoms with Crippen molar-refractivity contribution < 1.29 is 0 Å². The highest BCUT2D eigenvalue weighted by atomic mass is 14.8. The van der Waals surface area contributed by atoms with Crippen molar-refractivity contribution in [1.82, 2.24) is 5.32 Å². The van der Waals surface area contributed by atoms with Crippen LogP contribution in [-0.4, -0.2) is 13.1 Å². The topological polar surface area (TPSA) is 12.0 Å². The molecule has 0 aliphatic rings. The Hall–Kier alpha value is -0.300. The monoisotopic (exact) mass is 127 g/mol. The average Bonchev–Trinajstić information content (AvgIpc) is 1.89. The standard InChI is InChI=1S/C8H17N/c1-3-5-6-7-8-9-4-2/h3,5,9H,4,6-8H2,1-2H3/b5-3+. The van der Waals surface area contributed by atoms with Gasteiger partial charge >= 0.3 is 0 Å². The summed E-state index contributed by atoms with van der Waals surface area (Å²) in [5.41, 5.74) is 0. The van der Waals surface area contributed by atoms with Crippen LogP contribution in [0.5, 0.6) is 0 Å². The quantitative estimate of drug-likeness (QED) is 0.439. The van der Waals surface area contributed by atoms with Crippen LogP contribution in [0.1, 0.15) is 26.7 Å². The second-order valence-electron chi connectivity index (χ2n) is 2.06. The minimum absolute atomic E-state index is 1.09. The lowest BCUT2D eigenvalue weighted by Gasteiger charge is -1.96. The van der Waals surface area contributed by atoms with Gasteiger partial charge in [-0.25, -0.2) is 0 Å². The maximum atomic E-state index is 3.27. The molecular formula is C8H17N. The van der Waals surface area contributed by atoms with Crippen LogP contribution < -0.4 is 5.32 Å². The van der Waals surface area contributed by atoms with Crippen LogP contribution in [0, 0.1) is 0 Å². The molecule has 0 amide bonds. The molecule has 9 heavy (non-hydrogen) atoms. The predicted octanol–water partition coefficient (Wildman–Crippen LogP) is 1.95. The molecule has 0 rings (SSSR count). The first-order valence-corrected chi connectivity index (χ1v) is 3.73. The van der Waals surface area contributed by atoms with Gasteiger partial charge in [-0.3, -0.25) is 0 Å². The SMILES string of the molecule is C/C=C/CCCNCC. The van der Waals surface area contributed by atoms with E-state index in [4.69, 9.17) is 0 Å². The van der Waals surface area contributed by atoms with Gasteiger partial charge in [0, 0.05) is 0 Å². The van der Waals surface area contributed by atoms with Gasteiger partial charge in [-0.15, -0.1) is 0 Å². The van der Waals surface area contributed by atoms with E-state index >= 15 is 0 Å². The van der Waals surface area contributed by atoms with Gasteiger partial charge in [0.15, 0.2) is 0 Å². The normalized spacial score (nSPS) is 10.9. The fourth-order valence-electron chi connectivity index (χ4n) is 0.688. The van der Waals surface area contributed by atoms with Gasteiger partial charge in [-0.2, -0.15) is 0 Å². The number of hydrogen-bond donors (Lipinski definition) is 1. The minimum atomic E-state index is 1.09. The van der Waals surface area contributed by atoms with E-state index < -0.39 is 0 Å². The van der Waals surface area contributed by atoms with E-state index in [2.05, 4.69) is 31.3 Å². The van der Waals surface area contributed by atoms with E-state index in [1.165, 1.54) is 12.8 Å². The third kappa shape index (κ3) is 7.70. The van der Waals surface area contributed by atoms with Crippen LogP contribution in [0.4, 0.5) is 0 Å². The second kappa shape index (κ2) is 7.70.